The van der Waals surface area contributed by atoms with Crippen LogP contribution in [-0.2, 0) is 0 Å². The molecule has 0 heterocycles. The summed E-state index contributed by atoms with van der Waals surface area (Å²) in [6.45, 7) is 10.5. The smallest absolute Gasteiger partial charge is 0.0151 e. The van der Waals surface area contributed by atoms with Crippen molar-refractivity contribution in [3.05, 3.63) is 0 Å². The van der Waals surface area contributed by atoms with Gasteiger partial charge in [-0.15, -0.1) is 11.4 Å². The minimum atomic E-state index is 0.166. The van der Waals surface area contributed by atoms with Crippen LogP contribution in [0.25, 0.3) is 0 Å². The van der Waals surface area contributed by atoms with Gasteiger partial charge < -0.3 is 0 Å². The summed E-state index contributed by atoms with van der Waals surface area (Å²) in [5.41, 5.74) is 1.23. The number of hydrogen-bond donors (Lipinski definition) is 0. The van der Waals surface area contributed by atoms with Gasteiger partial charge in [0, 0.05) is 10.4 Å². The van der Waals surface area contributed by atoms with Crippen LogP contribution in [0.5, 0.6) is 0 Å². The monoisotopic (exact) mass is 350 g/mol. The molecule has 0 saturated heterocycles. The molecule has 0 N–H and O–H groups in total. The second-order valence-electron chi connectivity index (χ2n) is 10.8. The first-order valence-electron chi connectivity index (χ1n) is 10.2. The molecule has 6 saturated carbocycles. The molecule has 6 fully saturated rings. The molecule has 4 atom stereocenters. The van der Waals surface area contributed by atoms with Crippen molar-refractivity contribution in [3.8, 4) is 0 Å². The highest BCUT2D eigenvalue weighted by atomic mass is 32.7. The van der Waals surface area contributed by atoms with Gasteiger partial charge in [0.25, 0.3) is 0 Å². The summed E-state index contributed by atoms with van der Waals surface area (Å²) >= 11 is 2.52. The fourth-order valence-corrected chi connectivity index (χ4v) is 14.6. The summed E-state index contributed by atoms with van der Waals surface area (Å²) in [4.78, 5) is 0. The summed E-state index contributed by atoms with van der Waals surface area (Å²) < 4.78 is 0. The average Bonchev–Trinajstić information content (AvgIpc) is 2.79. The molecule has 0 spiro atoms. The Balaban J connectivity index is 1.36. The second kappa shape index (κ2) is 4.94. The van der Waals surface area contributed by atoms with Crippen molar-refractivity contribution in [2.24, 2.45) is 34.5 Å². The fraction of sp³-hybridized carbons (Fsp3) is 1.00. The Labute approximate surface area is 148 Å². The lowest BCUT2D eigenvalue weighted by Crippen LogP contribution is -2.49. The minimum Gasteiger partial charge on any atom is -0.130 e. The third-order valence-corrected chi connectivity index (χ3v) is 15.7. The van der Waals surface area contributed by atoms with Crippen molar-refractivity contribution in [2.75, 3.05) is 6.66 Å². The van der Waals surface area contributed by atoms with Crippen LogP contribution >= 0.6 is 18.5 Å². The summed E-state index contributed by atoms with van der Waals surface area (Å²) in [6.07, 6.45) is 14.2. The Morgan fingerprint density at radius 1 is 0.870 bits per heavy atom. The predicted molar refractivity (Wildman–Crippen MR) is 104 cm³/mol. The highest BCUT2D eigenvalue weighted by Gasteiger charge is 2.62. The Hall–Kier alpha value is 0.780. The molecular weight excluding hydrogens is 315 g/mol. The SMILES string of the molecule is CP(S[C@@H]1C[C@H]2CC[C@]1(C)C2(C)C)C12CC3CC(CC(C3)C1)C2. The molecule has 130 valence electrons. The highest BCUT2D eigenvalue weighted by molar-refractivity contribution is 8.56. The molecule has 0 aromatic carbocycles. The maximum Gasteiger partial charge on any atom is 0.0151 e. The predicted octanol–water partition coefficient (Wildman–Crippen LogP) is 6.93. The van der Waals surface area contributed by atoms with Gasteiger partial charge in [0.15, 0.2) is 0 Å². The van der Waals surface area contributed by atoms with Crippen molar-refractivity contribution >= 4 is 18.5 Å². The molecule has 0 radical (unpaired) electrons. The van der Waals surface area contributed by atoms with Gasteiger partial charge in [0.2, 0.25) is 0 Å². The molecule has 1 unspecified atom stereocenters. The third kappa shape index (κ3) is 2.08. The summed E-state index contributed by atoms with van der Waals surface area (Å²) in [6, 6.07) is 0. The maximum atomic E-state index is 2.70. The number of fused-ring (bicyclic) bond motifs is 2. The fourth-order valence-electron chi connectivity index (χ4n) is 8.04. The van der Waals surface area contributed by atoms with E-state index in [-0.39, 0.29) is 7.12 Å². The van der Waals surface area contributed by atoms with Crippen LogP contribution in [0, 0.1) is 34.5 Å². The Morgan fingerprint density at radius 3 is 1.87 bits per heavy atom. The molecule has 6 bridgehead atoms. The molecule has 6 rings (SSSR count). The van der Waals surface area contributed by atoms with E-state index in [2.05, 4.69) is 38.8 Å². The Bertz CT molecular complexity index is 477. The molecule has 6 aliphatic rings. The van der Waals surface area contributed by atoms with Gasteiger partial charge in [-0.05, 0) is 106 Å². The lowest BCUT2D eigenvalue weighted by atomic mass is 9.56. The van der Waals surface area contributed by atoms with Crippen LogP contribution in [0.2, 0.25) is 0 Å². The lowest BCUT2D eigenvalue weighted by molar-refractivity contribution is 0.0365. The quantitative estimate of drug-likeness (QED) is 0.497. The van der Waals surface area contributed by atoms with Gasteiger partial charge >= 0.3 is 0 Å². The molecule has 0 aromatic rings. The van der Waals surface area contributed by atoms with Gasteiger partial charge in [-0.1, -0.05) is 20.8 Å². The van der Waals surface area contributed by atoms with Crippen LogP contribution in [0.1, 0.15) is 78.6 Å². The van der Waals surface area contributed by atoms with Crippen LogP contribution in [0.4, 0.5) is 0 Å². The Morgan fingerprint density at radius 2 is 1.43 bits per heavy atom. The van der Waals surface area contributed by atoms with Gasteiger partial charge in [-0.2, -0.15) is 0 Å². The van der Waals surface area contributed by atoms with Crippen LogP contribution in [0.15, 0.2) is 0 Å². The first-order valence-corrected chi connectivity index (χ1v) is 13.5. The van der Waals surface area contributed by atoms with Crippen molar-refractivity contribution in [2.45, 2.75) is 89.0 Å². The van der Waals surface area contributed by atoms with Gasteiger partial charge in [0.05, 0.1) is 0 Å². The first-order chi connectivity index (χ1) is 10.8. The van der Waals surface area contributed by atoms with Gasteiger partial charge in [0.1, 0.15) is 0 Å². The van der Waals surface area contributed by atoms with Crippen molar-refractivity contribution in [3.63, 3.8) is 0 Å². The summed E-state index contributed by atoms with van der Waals surface area (Å²) in [7, 11) is 0.166. The first kappa shape index (κ1) is 16.0. The zero-order valence-corrected chi connectivity index (χ0v) is 17.3. The van der Waals surface area contributed by atoms with Crippen molar-refractivity contribution in [1.82, 2.24) is 0 Å². The van der Waals surface area contributed by atoms with E-state index >= 15 is 0 Å². The third-order valence-electron chi connectivity index (χ3n) is 9.67. The van der Waals surface area contributed by atoms with E-state index < -0.39 is 0 Å². The Kier molecular flexibility index (Phi) is 3.43. The van der Waals surface area contributed by atoms with E-state index in [1.54, 1.807) is 38.5 Å². The van der Waals surface area contributed by atoms with E-state index in [9.17, 15) is 0 Å². The standard InChI is InChI=1S/C21H35PS/c1-19(2)17-5-6-20(19,3)18(10-17)23-22(4)21-11-14-7-15(12-21)9-16(8-14)13-21/h14-18H,5-13H2,1-4H3/t14?,15?,16?,17-,18-,20+,21?,22?/m1/s1. The van der Waals surface area contributed by atoms with Crippen LogP contribution in [0.3, 0.4) is 0 Å². The average molecular weight is 351 g/mol. The molecule has 0 aliphatic heterocycles. The molecule has 0 aromatic heterocycles. The molecule has 6 aliphatic carbocycles. The zero-order valence-electron chi connectivity index (χ0n) is 15.6. The minimum absolute atomic E-state index is 0.166. The highest BCUT2D eigenvalue weighted by Crippen LogP contribution is 2.77. The number of rotatable bonds is 3. The van der Waals surface area contributed by atoms with E-state index in [0.29, 0.717) is 10.8 Å². The molecule has 0 amide bonds. The van der Waals surface area contributed by atoms with Crippen LogP contribution in [-0.4, -0.2) is 17.1 Å². The molecule has 2 heteroatoms. The normalized spacial score (nSPS) is 57.1. The van der Waals surface area contributed by atoms with Crippen molar-refractivity contribution in [1.29, 1.82) is 0 Å². The van der Waals surface area contributed by atoms with E-state index in [1.807, 2.05) is 0 Å². The largest absolute Gasteiger partial charge is 0.130 e. The lowest BCUT2D eigenvalue weighted by Gasteiger charge is -2.59. The van der Waals surface area contributed by atoms with Crippen molar-refractivity contribution < 1.29 is 0 Å². The van der Waals surface area contributed by atoms with Crippen LogP contribution < -0.4 is 0 Å². The van der Waals surface area contributed by atoms with E-state index in [4.69, 9.17) is 0 Å². The molecular formula is C21H35PS. The van der Waals surface area contributed by atoms with Gasteiger partial charge in [-0.3, -0.25) is 0 Å². The number of hydrogen-bond acceptors (Lipinski definition) is 1. The van der Waals surface area contributed by atoms with E-state index in [1.165, 1.54) is 19.3 Å². The molecule has 0 nitrogen and oxygen atoms in total. The summed E-state index contributed by atoms with van der Waals surface area (Å²) in [5.74, 6) is 4.39. The topological polar surface area (TPSA) is 0 Å². The van der Waals surface area contributed by atoms with E-state index in [0.717, 1.165) is 34.1 Å². The zero-order chi connectivity index (χ0) is 16.0. The maximum absolute atomic E-state index is 2.70. The second-order valence-corrected chi connectivity index (χ2v) is 15.8. The van der Waals surface area contributed by atoms with Gasteiger partial charge in [-0.25, -0.2) is 0 Å². The summed E-state index contributed by atoms with van der Waals surface area (Å²) in [5, 5.41) is 1.78. The molecule has 23 heavy (non-hydrogen) atoms.